The number of aryl methyl sites for hydroxylation is 2. The lowest BCUT2D eigenvalue weighted by Gasteiger charge is -2.18. The molecule has 0 atom stereocenters. The molecule has 0 saturated carbocycles. The highest BCUT2D eigenvalue weighted by Gasteiger charge is 2.21. The molecule has 1 aromatic heterocycles. The first kappa shape index (κ1) is 18.9. The monoisotopic (exact) mass is 362 g/mol. The Morgan fingerprint density at radius 1 is 1.15 bits per heavy atom. The summed E-state index contributed by atoms with van der Waals surface area (Å²) in [5, 5.41) is 7.66. The topological polar surface area (TPSA) is 72.9 Å². The molecule has 0 spiro atoms. The van der Waals surface area contributed by atoms with Crippen LogP contribution in [0.3, 0.4) is 0 Å². The summed E-state index contributed by atoms with van der Waals surface area (Å²) in [4.78, 5) is 12.9. The molecule has 1 heterocycles. The zero-order valence-corrected chi connectivity index (χ0v) is 16.3. The summed E-state index contributed by atoms with van der Waals surface area (Å²) in [6.45, 7) is 8.23. The number of rotatable bonds is 5. The molecule has 0 radical (unpaired) electrons. The summed E-state index contributed by atoms with van der Waals surface area (Å²) < 4.78 is 1.75. The van der Waals surface area contributed by atoms with Crippen LogP contribution in [-0.4, -0.2) is 27.8 Å². The smallest absolute Gasteiger partial charge is 0.255 e. The Labute approximate surface area is 160 Å². The molecule has 3 aromatic rings. The highest BCUT2D eigenvalue weighted by atomic mass is 16.1. The maximum Gasteiger partial charge on any atom is 0.255 e. The van der Waals surface area contributed by atoms with Gasteiger partial charge in [0.05, 0.1) is 11.3 Å². The van der Waals surface area contributed by atoms with E-state index in [1.165, 1.54) is 5.56 Å². The fourth-order valence-corrected chi connectivity index (χ4v) is 2.93. The summed E-state index contributed by atoms with van der Waals surface area (Å²) in [6.07, 6.45) is 1.78. The number of nitrogens with two attached hydrogens (primary N) is 1. The number of nitrogens with zero attached hydrogens (tertiary/aromatic N) is 2. The molecular formula is C22H26N4O. The first-order valence-corrected chi connectivity index (χ1v) is 9.04. The van der Waals surface area contributed by atoms with E-state index < -0.39 is 5.54 Å². The zero-order chi connectivity index (χ0) is 19.6. The van der Waals surface area contributed by atoms with Crippen LogP contribution in [0.4, 0.5) is 0 Å². The van der Waals surface area contributed by atoms with E-state index in [-0.39, 0.29) is 5.91 Å². The van der Waals surface area contributed by atoms with E-state index in [1.807, 2.05) is 63.2 Å². The number of aromatic nitrogens is 2. The van der Waals surface area contributed by atoms with Crippen LogP contribution in [0.2, 0.25) is 0 Å². The van der Waals surface area contributed by atoms with Crippen LogP contribution in [0.5, 0.6) is 0 Å². The average molecular weight is 362 g/mol. The van der Waals surface area contributed by atoms with Crippen molar-refractivity contribution >= 4 is 5.91 Å². The van der Waals surface area contributed by atoms with Gasteiger partial charge >= 0.3 is 0 Å². The summed E-state index contributed by atoms with van der Waals surface area (Å²) in [7, 11) is 0. The minimum atomic E-state index is -0.481. The number of nitrogens with one attached hydrogen (secondary N) is 1. The van der Waals surface area contributed by atoms with E-state index in [4.69, 9.17) is 10.8 Å². The van der Waals surface area contributed by atoms with Crippen molar-refractivity contribution < 1.29 is 4.79 Å². The summed E-state index contributed by atoms with van der Waals surface area (Å²) in [6, 6.07) is 15.9. The summed E-state index contributed by atoms with van der Waals surface area (Å²) in [5.74, 6) is -0.175. The van der Waals surface area contributed by atoms with Crippen molar-refractivity contribution in [3.05, 3.63) is 71.4 Å². The molecule has 2 aromatic carbocycles. The lowest BCUT2D eigenvalue weighted by molar-refractivity contribution is 0.0946. The van der Waals surface area contributed by atoms with E-state index in [0.717, 1.165) is 16.8 Å². The van der Waals surface area contributed by atoms with Crippen molar-refractivity contribution in [2.24, 2.45) is 5.73 Å². The van der Waals surface area contributed by atoms with E-state index in [2.05, 4.69) is 18.3 Å². The van der Waals surface area contributed by atoms with Gasteiger partial charge in [0, 0.05) is 23.8 Å². The Morgan fingerprint density at radius 3 is 2.48 bits per heavy atom. The quantitative estimate of drug-likeness (QED) is 0.728. The predicted octanol–water partition coefficient (Wildman–Crippen LogP) is 3.62. The second-order valence-corrected chi connectivity index (χ2v) is 7.66. The molecule has 0 aliphatic rings. The Bertz CT molecular complexity index is 952. The lowest BCUT2D eigenvalue weighted by atomic mass is 10.00. The van der Waals surface area contributed by atoms with E-state index in [9.17, 15) is 4.79 Å². The second-order valence-electron chi connectivity index (χ2n) is 7.66. The van der Waals surface area contributed by atoms with Crippen molar-refractivity contribution in [3.8, 4) is 16.9 Å². The number of amides is 1. The summed E-state index contributed by atoms with van der Waals surface area (Å²) in [5.41, 5.74) is 10.9. The molecule has 0 bridgehead atoms. The van der Waals surface area contributed by atoms with Crippen LogP contribution in [0.15, 0.2) is 54.7 Å². The Morgan fingerprint density at radius 2 is 1.85 bits per heavy atom. The maximum absolute atomic E-state index is 12.9. The Balaban J connectivity index is 2.07. The molecule has 3 rings (SSSR count). The first-order chi connectivity index (χ1) is 12.7. The number of carbonyl (C=O) groups is 1. The Hall–Kier alpha value is -2.92. The molecule has 0 aliphatic carbocycles. The third-order valence-corrected chi connectivity index (χ3v) is 4.32. The lowest BCUT2D eigenvalue weighted by Crippen LogP contribution is -2.45. The molecule has 0 aliphatic heterocycles. The number of para-hydroxylation sites is 1. The van der Waals surface area contributed by atoms with Gasteiger partial charge in [-0.2, -0.15) is 5.10 Å². The second kappa shape index (κ2) is 7.37. The van der Waals surface area contributed by atoms with Crippen LogP contribution in [0.25, 0.3) is 16.9 Å². The van der Waals surface area contributed by atoms with E-state index >= 15 is 0 Å². The molecule has 5 nitrogen and oxygen atoms in total. The van der Waals surface area contributed by atoms with Gasteiger partial charge in [0.2, 0.25) is 0 Å². The molecular weight excluding hydrogens is 336 g/mol. The maximum atomic E-state index is 12.9. The van der Waals surface area contributed by atoms with Gasteiger partial charge in [-0.1, -0.05) is 42.0 Å². The van der Waals surface area contributed by atoms with Gasteiger partial charge in [-0.15, -0.1) is 0 Å². The summed E-state index contributed by atoms with van der Waals surface area (Å²) >= 11 is 0. The minimum absolute atomic E-state index is 0.175. The van der Waals surface area contributed by atoms with Crippen molar-refractivity contribution in [1.82, 2.24) is 15.1 Å². The molecule has 0 saturated heterocycles. The molecule has 0 unspecified atom stereocenters. The normalized spacial score (nSPS) is 11.4. The van der Waals surface area contributed by atoms with E-state index in [0.29, 0.717) is 17.8 Å². The van der Waals surface area contributed by atoms with Crippen LogP contribution >= 0.6 is 0 Å². The van der Waals surface area contributed by atoms with Crippen LogP contribution in [-0.2, 0) is 0 Å². The number of benzene rings is 2. The van der Waals surface area contributed by atoms with Gasteiger partial charge in [0.1, 0.15) is 5.69 Å². The van der Waals surface area contributed by atoms with Gasteiger partial charge in [-0.05, 0) is 45.4 Å². The highest BCUT2D eigenvalue weighted by Crippen LogP contribution is 2.27. The van der Waals surface area contributed by atoms with Gasteiger partial charge in [0.15, 0.2) is 0 Å². The van der Waals surface area contributed by atoms with Crippen molar-refractivity contribution in [2.75, 3.05) is 6.54 Å². The number of hydrogen-bond donors (Lipinski definition) is 2. The molecule has 27 heavy (non-hydrogen) atoms. The molecule has 1 amide bonds. The third-order valence-electron chi connectivity index (χ3n) is 4.32. The highest BCUT2D eigenvalue weighted by molar-refractivity contribution is 6.00. The number of hydrogen-bond acceptors (Lipinski definition) is 3. The average Bonchev–Trinajstić information content (AvgIpc) is 3.05. The fourth-order valence-electron chi connectivity index (χ4n) is 2.93. The minimum Gasteiger partial charge on any atom is -0.350 e. The predicted molar refractivity (Wildman–Crippen MR) is 109 cm³/mol. The van der Waals surface area contributed by atoms with E-state index in [1.54, 1.807) is 10.9 Å². The third kappa shape index (κ3) is 4.44. The van der Waals surface area contributed by atoms with Crippen LogP contribution in [0.1, 0.15) is 35.3 Å². The van der Waals surface area contributed by atoms with Gasteiger partial charge in [-0.3, -0.25) is 4.79 Å². The van der Waals surface area contributed by atoms with Crippen molar-refractivity contribution in [1.29, 1.82) is 0 Å². The number of carbonyl (C=O) groups excluding carboxylic acids is 1. The first-order valence-electron chi connectivity index (χ1n) is 9.04. The zero-order valence-electron chi connectivity index (χ0n) is 16.3. The molecule has 3 N–H and O–H groups in total. The molecule has 5 heteroatoms. The standard InChI is InChI=1S/C22H26N4O/c1-15-10-11-18(16(2)12-15)20-19(21(27)24-14-22(3,4)23)13-26(25-20)17-8-6-5-7-9-17/h5-13H,14,23H2,1-4H3,(H,24,27). The largest absolute Gasteiger partial charge is 0.350 e. The SMILES string of the molecule is Cc1ccc(-c2nn(-c3ccccc3)cc2C(=O)NCC(C)(C)N)c(C)c1. The van der Waals surface area contributed by atoms with Crippen LogP contribution in [0, 0.1) is 13.8 Å². The van der Waals surface area contributed by atoms with Crippen molar-refractivity contribution in [2.45, 2.75) is 33.2 Å². The molecule has 0 fully saturated rings. The van der Waals surface area contributed by atoms with Gasteiger partial charge in [0.25, 0.3) is 5.91 Å². The van der Waals surface area contributed by atoms with Crippen LogP contribution < -0.4 is 11.1 Å². The fraction of sp³-hybridized carbons (Fsp3) is 0.273. The van der Waals surface area contributed by atoms with Crippen molar-refractivity contribution in [3.63, 3.8) is 0 Å². The molecule has 140 valence electrons. The Kier molecular flexibility index (Phi) is 5.15. The van der Waals surface area contributed by atoms with Gasteiger partial charge < -0.3 is 11.1 Å². The van der Waals surface area contributed by atoms with Gasteiger partial charge in [-0.25, -0.2) is 4.68 Å².